The quantitative estimate of drug-likeness (QED) is 0.812. The number of carbonyl (C=O) groups excluding carboxylic acids is 1. The lowest BCUT2D eigenvalue weighted by Gasteiger charge is -2.42. The SMILES string of the molecule is CCC(=O)NC1(c2cnn(C)c2)CCC1. The van der Waals surface area contributed by atoms with Gasteiger partial charge in [-0.15, -0.1) is 0 Å². The zero-order chi connectivity index (χ0) is 10.9. The topological polar surface area (TPSA) is 46.9 Å². The Kier molecular flexibility index (Phi) is 2.50. The highest BCUT2D eigenvalue weighted by Crippen LogP contribution is 2.40. The molecule has 4 nitrogen and oxygen atoms in total. The van der Waals surface area contributed by atoms with Crippen LogP contribution in [0.3, 0.4) is 0 Å². The largest absolute Gasteiger partial charge is 0.346 e. The lowest BCUT2D eigenvalue weighted by Crippen LogP contribution is -2.50. The first-order valence-electron chi connectivity index (χ1n) is 5.46. The van der Waals surface area contributed by atoms with Crippen LogP contribution < -0.4 is 5.32 Å². The van der Waals surface area contributed by atoms with Gasteiger partial charge in [0.25, 0.3) is 0 Å². The molecular weight excluding hydrogens is 190 g/mol. The molecule has 1 N–H and O–H groups in total. The van der Waals surface area contributed by atoms with Gasteiger partial charge in [0.2, 0.25) is 5.91 Å². The summed E-state index contributed by atoms with van der Waals surface area (Å²) in [5.74, 6) is 0.124. The monoisotopic (exact) mass is 207 g/mol. The van der Waals surface area contributed by atoms with Gasteiger partial charge < -0.3 is 5.32 Å². The van der Waals surface area contributed by atoms with Crippen LogP contribution in [0.4, 0.5) is 0 Å². The van der Waals surface area contributed by atoms with Crippen LogP contribution in [0.25, 0.3) is 0 Å². The van der Waals surface area contributed by atoms with Gasteiger partial charge in [0.15, 0.2) is 0 Å². The summed E-state index contributed by atoms with van der Waals surface area (Å²) in [6.07, 6.45) is 7.64. The van der Waals surface area contributed by atoms with Crippen molar-refractivity contribution in [3.63, 3.8) is 0 Å². The van der Waals surface area contributed by atoms with Crippen LogP contribution in [0.15, 0.2) is 12.4 Å². The van der Waals surface area contributed by atoms with E-state index in [0.717, 1.165) is 18.4 Å². The summed E-state index contributed by atoms with van der Waals surface area (Å²) in [7, 11) is 1.90. The highest BCUT2D eigenvalue weighted by atomic mass is 16.1. The molecule has 1 fully saturated rings. The Morgan fingerprint density at radius 2 is 2.40 bits per heavy atom. The fourth-order valence-electron chi connectivity index (χ4n) is 2.04. The van der Waals surface area contributed by atoms with Gasteiger partial charge in [0.1, 0.15) is 0 Å². The maximum Gasteiger partial charge on any atom is 0.220 e. The van der Waals surface area contributed by atoms with Gasteiger partial charge in [-0.25, -0.2) is 0 Å². The van der Waals surface area contributed by atoms with Crippen LogP contribution in [0.5, 0.6) is 0 Å². The molecule has 4 heteroatoms. The molecule has 0 bridgehead atoms. The molecule has 1 saturated carbocycles. The van der Waals surface area contributed by atoms with Gasteiger partial charge >= 0.3 is 0 Å². The molecular formula is C11H17N3O. The Hall–Kier alpha value is -1.32. The zero-order valence-corrected chi connectivity index (χ0v) is 9.29. The number of amides is 1. The van der Waals surface area contributed by atoms with Crippen molar-refractivity contribution in [1.82, 2.24) is 15.1 Å². The van der Waals surface area contributed by atoms with Crippen LogP contribution in [-0.2, 0) is 17.4 Å². The minimum atomic E-state index is -0.124. The van der Waals surface area contributed by atoms with Gasteiger partial charge in [-0.2, -0.15) is 5.10 Å². The molecule has 1 aromatic heterocycles. The van der Waals surface area contributed by atoms with Crippen molar-refractivity contribution in [3.8, 4) is 0 Å². The van der Waals surface area contributed by atoms with Crippen molar-refractivity contribution < 1.29 is 4.79 Å². The number of hydrogen-bond acceptors (Lipinski definition) is 2. The number of nitrogens with one attached hydrogen (secondary N) is 1. The fourth-order valence-corrected chi connectivity index (χ4v) is 2.04. The second-order valence-corrected chi connectivity index (χ2v) is 4.24. The standard InChI is InChI=1S/C11H17N3O/c1-3-10(15)13-11(5-4-6-11)9-7-12-14(2)8-9/h7-8H,3-6H2,1-2H3,(H,13,15). The predicted molar refractivity (Wildman–Crippen MR) is 57.2 cm³/mol. The van der Waals surface area contributed by atoms with Crippen LogP contribution in [0.2, 0.25) is 0 Å². The summed E-state index contributed by atoms with van der Waals surface area (Å²) in [6, 6.07) is 0. The molecule has 0 spiro atoms. The van der Waals surface area contributed by atoms with Gasteiger partial charge in [0, 0.05) is 25.2 Å². The highest BCUT2D eigenvalue weighted by molar-refractivity contribution is 5.76. The Bertz CT molecular complexity index is 366. The van der Waals surface area contributed by atoms with Gasteiger partial charge in [0.05, 0.1) is 11.7 Å². The first-order valence-corrected chi connectivity index (χ1v) is 5.46. The first kappa shape index (κ1) is 10.2. The summed E-state index contributed by atoms with van der Waals surface area (Å²) in [6.45, 7) is 1.88. The van der Waals surface area contributed by atoms with Crippen LogP contribution in [0, 0.1) is 0 Å². The Morgan fingerprint density at radius 1 is 1.67 bits per heavy atom. The Labute approximate surface area is 89.7 Å². The van der Waals surface area contributed by atoms with E-state index in [4.69, 9.17) is 0 Å². The van der Waals surface area contributed by atoms with E-state index in [0.29, 0.717) is 6.42 Å². The maximum atomic E-state index is 11.5. The van der Waals surface area contributed by atoms with Gasteiger partial charge in [-0.3, -0.25) is 9.48 Å². The van der Waals surface area contributed by atoms with Crippen molar-refractivity contribution in [2.45, 2.75) is 38.1 Å². The third-order valence-electron chi connectivity index (χ3n) is 3.16. The minimum Gasteiger partial charge on any atom is -0.346 e. The molecule has 1 aliphatic carbocycles. The minimum absolute atomic E-state index is 0.124. The summed E-state index contributed by atoms with van der Waals surface area (Å²) in [5.41, 5.74) is 1.01. The summed E-state index contributed by atoms with van der Waals surface area (Å²) in [4.78, 5) is 11.5. The number of aryl methyl sites for hydroxylation is 1. The molecule has 82 valence electrons. The summed E-state index contributed by atoms with van der Waals surface area (Å²) in [5, 5.41) is 7.28. The van der Waals surface area contributed by atoms with Crippen molar-refractivity contribution in [3.05, 3.63) is 18.0 Å². The van der Waals surface area contributed by atoms with E-state index in [1.54, 1.807) is 4.68 Å². The van der Waals surface area contributed by atoms with E-state index in [2.05, 4.69) is 10.4 Å². The molecule has 0 radical (unpaired) electrons. The van der Waals surface area contributed by atoms with Crippen LogP contribution in [0.1, 0.15) is 38.2 Å². The van der Waals surface area contributed by atoms with Crippen LogP contribution >= 0.6 is 0 Å². The second kappa shape index (κ2) is 3.68. The molecule has 1 heterocycles. The molecule has 1 amide bonds. The van der Waals surface area contributed by atoms with Crippen molar-refractivity contribution in [2.75, 3.05) is 0 Å². The number of aromatic nitrogens is 2. The van der Waals surface area contributed by atoms with E-state index in [9.17, 15) is 4.79 Å². The van der Waals surface area contributed by atoms with Gasteiger partial charge in [-0.05, 0) is 19.3 Å². The van der Waals surface area contributed by atoms with E-state index < -0.39 is 0 Å². The van der Waals surface area contributed by atoms with Gasteiger partial charge in [-0.1, -0.05) is 6.92 Å². The van der Waals surface area contributed by atoms with E-state index in [1.807, 2.05) is 26.4 Å². The second-order valence-electron chi connectivity index (χ2n) is 4.24. The normalized spacial score (nSPS) is 18.3. The average molecular weight is 207 g/mol. The Morgan fingerprint density at radius 3 is 2.80 bits per heavy atom. The molecule has 0 aromatic carbocycles. The number of rotatable bonds is 3. The summed E-state index contributed by atoms with van der Waals surface area (Å²) >= 11 is 0. The molecule has 0 unspecified atom stereocenters. The van der Waals surface area contributed by atoms with Crippen LogP contribution in [-0.4, -0.2) is 15.7 Å². The highest BCUT2D eigenvalue weighted by Gasteiger charge is 2.40. The maximum absolute atomic E-state index is 11.5. The molecule has 0 saturated heterocycles. The molecule has 0 atom stereocenters. The number of hydrogen-bond donors (Lipinski definition) is 1. The van der Waals surface area contributed by atoms with Crippen molar-refractivity contribution >= 4 is 5.91 Å². The zero-order valence-electron chi connectivity index (χ0n) is 9.29. The fraction of sp³-hybridized carbons (Fsp3) is 0.636. The third-order valence-corrected chi connectivity index (χ3v) is 3.16. The van der Waals surface area contributed by atoms with E-state index in [-0.39, 0.29) is 11.4 Å². The molecule has 2 rings (SSSR count). The summed E-state index contributed by atoms with van der Waals surface area (Å²) < 4.78 is 1.79. The first-order chi connectivity index (χ1) is 7.16. The predicted octanol–water partition coefficient (Wildman–Crippen LogP) is 1.33. The molecule has 15 heavy (non-hydrogen) atoms. The molecule has 1 aromatic rings. The molecule has 1 aliphatic rings. The van der Waals surface area contributed by atoms with E-state index in [1.165, 1.54) is 6.42 Å². The lowest BCUT2D eigenvalue weighted by molar-refractivity contribution is -0.124. The van der Waals surface area contributed by atoms with Crippen molar-refractivity contribution in [1.29, 1.82) is 0 Å². The third kappa shape index (κ3) is 1.76. The Balaban J connectivity index is 2.18. The average Bonchev–Trinajstić information content (AvgIpc) is 2.58. The number of carbonyl (C=O) groups is 1. The number of nitrogens with zero attached hydrogens (tertiary/aromatic N) is 2. The lowest BCUT2D eigenvalue weighted by atomic mass is 9.73. The molecule has 0 aliphatic heterocycles. The van der Waals surface area contributed by atoms with Crippen molar-refractivity contribution in [2.24, 2.45) is 7.05 Å². The smallest absolute Gasteiger partial charge is 0.220 e. The van der Waals surface area contributed by atoms with E-state index >= 15 is 0 Å².